The van der Waals surface area contributed by atoms with E-state index < -0.39 is 30.1 Å². The highest BCUT2D eigenvalue weighted by atomic mass is 19.1. The summed E-state index contributed by atoms with van der Waals surface area (Å²) in [5.41, 5.74) is 0.217. The van der Waals surface area contributed by atoms with Gasteiger partial charge in [-0.15, -0.1) is 0 Å². The number of hydrogen-bond acceptors (Lipinski definition) is 3. The van der Waals surface area contributed by atoms with E-state index in [9.17, 15) is 18.4 Å². The molecule has 0 spiro atoms. The number of carbonyl (C=O) groups excluding carboxylic acids is 1. The van der Waals surface area contributed by atoms with Crippen molar-refractivity contribution in [3.8, 4) is 0 Å². The number of carboxylic acid groups (broad SMARTS) is 1. The zero-order chi connectivity index (χ0) is 15.4. The van der Waals surface area contributed by atoms with Crippen LogP contribution in [-0.4, -0.2) is 41.1 Å². The second-order valence-electron chi connectivity index (χ2n) is 4.88. The third-order valence-electron chi connectivity index (χ3n) is 3.11. The van der Waals surface area contributed by atoms with Crippen molar-refractivity contribution in [2.75, 3.05) is 13.2 Å². The molecule has 1 amide bonds. The number of hydrogen-bond donors (Lipinski definition) is 1. The van der Waals surface area contributed by atoms with E-state index in [2.05, 4.69) is 0 Å². The van der Waals surface area contributed by atoms with Crippen molar-refractivity contribution in [1.82, 2.24) is 4.90 Å². The van der Waals surface area contributed by atoms with E-state index in [1.54, 1.807) is 0 Å². The van der Waals surface area contributed by atoms with Gasteiger partial charge < -0.3 is 14.7 Å². The Kier molecular flexibility index (Phi) is 4.85. The van der Waals surface area contributed by atoms with Gasteiger partial charge in [-0.2, -0.15) is 0 Å². The van der Waals surface area contributed by atoms with Crippen molar-refractivity contribution in [2.24, 2.45) is 0 Å². The lowest BCUT2D eigenvalue weighted by atomic mass is 10.2. The highest BCUT2D eigenvalue weighted by molar-refractivity contribution is 5.78. The third-order valence-corrected chi connectivity index (χ3v) is 3.11. The highest BCUT2D eigenvalue weighted by Gasteiger charge is 2.33. The van der Waals surface area contributed by atoms with Gasteiger partial charge in [-0.05, 0) is 18.9 Å². The van der Waals surface area contributed by atoms with Gasteiger partial charge in [0.25, 0.3) is 0 Å². The van der Waals surface area contributed by atoms with Crippen molar-refractivity contribution >= 4 is 11.9 Å². The molecule has 0 heterocycles. The standard InChI is InChI=1S/C14H15F2NO4/c15-10-2-1-9(12(16)5-10)6-17(11-3-4-11)13(18)7-21-8-14(19)20/h1-2,5,11H,3-4,6-8H2,(H,19,20). The fraction of sp³-hybridized carbons (Fsp3) is 0.429. The number of amides is 1. The minimum Gasteiger partial charge on any atom is -0.480 e. The van der Waals surface area contributed by atoms with Gasteiger partial charge in [-0.1, -0.05) is 6.07 Å². The summed E-state index contributed by atoms with van der Waals surface area (Å²) in [6, 6.07) is 3.21. The maximum atomic E-state index is 13.6. The molecule has 114 valence electrons. The number of halogens is 2. The zero-order valence-corrected chi connectivity index (χ0v) is 11.2. The van der Waals surface area contributed by atoms with Crippen LogP contribution in [-0.2, 0) is 20.9 Å². The Morgan fingerprint density at radius 2 is 2.00 bits per heavy atom. The molecule has 0 bridgehead atoms. The molecule has 1 N–H and O–H groups in total. The first-order valence-electron chi connectivity index (χ1n) is 6.50. The van der Waals surface area contributed by atoms with Crippen LogP contribution >= 0.6 is 0 Å². The quantitative estimate of drug-likeness (QED) is 0.829. The largest absolute Gasteiger partial charge is 0.480 e. The van der Waals surface area contributed by atoms with Crippen molar-refractivity contribution < 1.29 is 28.2 Å². The van der Waals surface area contributed by atoms with Gasteiger partial charge in [-0.25, -0.2) is 13.6 Å². The summed E-state index contributed by atoms with van der Waals surface area (Å²) in [5, 5.41) is 8.45. The summed E-state index contributed by atoms with van der Waals surface area (Å²) in [6.45, 7) is -0.910. The Hall–Kier alpha value is -2.02. The monoisotopic (exact) mass is 299 g/mol. The summed E-state index contributed by atoms with van der Waals surface area (Å²) in [5.74, 6) is -2.95. The second kappa shape index (κ2) is 6.62. The number of carboxylic acids is 1. The van der Waals surface area contributed by atoms with Crippen LogP contribution in [0.15, 0.2) is 18.2 Å². The molecule has 1 saturated carbocycles. The van der Waals surface area contributed by atoms with Crippen LogP contribution in [0.4, 0.5) is 8.78 Å². The fourth-order valence-electron chi connectivity index (χ4n) is 1.95. The van der Waals surface area contributed by atoms with Gasteiger partial charge in [0.2, 0.25) is 5.91 Å². The van der Waals surface area contributed by atoms with Gasteiger partial charge >= 0.3 is 5.97 Å². The van der Waals surface area contributed by atoms with Crippen LogP contribution in [0.2, 0.25) is 0 Å². The van der Waals surface area contributed by atoms with E-state index >= 15 is 0 Å². The first kappa shape index (κ1) is 15.4. The molecule has 0 unspecified atom stereocenters. The number of ether oxygens (including phenoxy) is 1. The molecule has 0 aliphatic heterocycles. The maximum Gasteiger partial charge on any atom is 0.329 e. The Balaban J connectivity index is 1.98. The number of rotatable bonds is 7. The van der Waals surface area contributed by atoms with Gasteiger partial charge in [0.1, 0.15) is 24.8 Å². The lowest BCUT2D eigenvalue weighted by molar-refractivity contribution is -0.146. The highest BCUT2D eigenvalue weighted by Crippen LogP contribution is 2.29. The number of carbonyl (C=O) groups is 2. The number of aliphatic carboxylic acids is 1. The molecule has 5 nitrogen and oxygen atoms in total. The summed E-state index contributed by atoms with van der Waals surface area (Å²) >= 11 is 0. The topological polar surface area (TPSA) is 66.8 Å². The molecular formula is C14H15F2NO4. The fourth-order valence-corrected chi connectivity index (χ4v) is 1.95. The van der Waals surface area contributed by atoms with Crippen molar-refractivity contribution in [1.29, 1.82) is 0 Å². The molecular weight excluding hydrogens is 284 g/mol. The third kappa shape index (κ3) is 4.49. The molecule has 1 aliphatic rings. The van der Waals surface area contributed by atoms with Crippen LogP contribution in [0.25, 0.3) is 0 Å². The Labute approximate surface area is 120 Å². The summed E-state index contributed by atoms with van der Waals surface area (Å²) in [4.78, 5) is 23.8. The van der Waals surface area contributed by atoms with Gasteiger partial charge in [0, 0.05) is 24.2 Å². The second-order valence-corrected chi connectivity index (χ2v) is 4.88. The normalized spacial score (nSPS) is 14.0. The minimum absolute atomic E-state index is 0.00961. The average Bonchev–Trinajstić information content (AvgIpc) is 3.21. The van der Waals surface area contributed by atoms with Crippen molar-refractivity contribution in [3.05, 3.63) is 35.4 Å². The first-order chi connectivity index (χ1) is 9.97. The average molecular weight is 299 g/mol. The lowest BCUT2D eigenvalue weighted by Gasteiger charge is -2.22. The Morgan fingerprint density at radius 1 is 1.29 bits per heavy atom. The minimum atomic E-state index is -1.16. The molecule has 2 rings (SSSR count). The molecule has 0 saturated heterocycles. The van der Waals surface area contributed by atoms with Crippen LogP contribution in [0.5, 0.6) is 0 Å². The molecule has 0 aromatic heterocycles. The predicted octanol–water partition coefficient (Wildman–Crippen LogP) is 1.56. The molecule has 0 atom stereocenters. The van der Waals surface area contributed by atoms with Gasteiger partial charge in [0.05, 0.1) is 0 Å². The summed E-state index contributed by atoms with van der Waals surface area (Å²) in [6.07, 6.45) is 1.63. The van der Waals surface area contributed by atoms with E-state index in [1.807, 2.05) is 0 Å². The van der Waals surface area contributed by atoms with E-state index in [1.165, 1.54) is 11.0 Å². The molecule has 1 fully saturated rings. The van der Waals surface area contributed by atoms with Gasteiger partial charge in [-0.3, -0.25) is 4.79 Å². The smallest absolute Gasteiger partial charge is 0.329 e. The number of benzene rings is 1. The van der Waals surface area contributed by atoms with Crippen LogP contribution in [0.1, 0.15) is 18.4 Å². The van der Waals surface area contributed by atoms with E-state index in [0.29, 0.717) is 0 Å². The van der Waals surface area contributed by atoms with E-state index in [0.717, 1.165) is 25.0 Å². The maximum absolute atomic E-state index is 13.6. The predicted molar refractivity (Wildman–Crippen MR) is 68.4 cm³/mol. The first-order valence-corrected chi connectivity index (χ1v) is 6.50. The van der Waals surface area contributed by atoms with E-state index in [4.69, 9.17) is 9.84 Å². The van der Waals surface area contributed by atoms with Gasteiger partial charge in [0.15, 0.2) is 0 Å². The van der Waals surface area contributed by atoms with Crippen LogP contribution in [0, 0.1) is 11.6 Å². The lowest BCUT2D eigenvalue weighted by Crippen LogP contribution is -2.36. The molecule has 21 heavy (non-hydrogen) atoms. The zero-order valence-electron chi connectivity index (χ0n) is 11.2. The van der Waals surface area contributed by atoms with E-state index in [-0.39, 0.29) is 24.8 Å². The van der Waals surface area contributed by atoms with Crippen LogP contribution in [0.3, 0.4) is 0 Å². The Morgan fingerprint density at radius 3 is 2.57 bits per heavy atom. The SMILES string of the molecule is O=C(O)COCC(=O)N(Cc1ccc(F)cc1F)C1CC1. The number of nitrogens with zero attached hydrogens (tertiary/aromatic N) is 1. The molecule has 0 radical (unpaired) electrons. The Bertz CT molecular complexity index is 546. The molecule has 1 aromatic rings. The van der Waals surface area contributed by atoms with Crippen LogP contribution < -0.4 is 0 Å². The summed E-state index contributed by atoms with van der Waals surface area (Å²) < 4.78 is 31.2. The summed E-state index contributed by atoms with van der Waals surface area (Å²) in [7, 11) is 0. The molecule has 1 aromatic carbocycles. The molecule has 1 aliphatic carbocycles. The molecule has 7 heteroatoms. The van der Waals surface area contributed by atoms with Crippen molar-refractivity contribution in [3.63, 3.8) is 0 Å². The van der Waals surface area contributed by atoms with Crippen molar-refractivity contribution in [2.45, 2.75) is 25.4 Å².